The molecule has 15 unspecified atom stereocenters. The standard InChI is InChI=1S/C52H81NO13/c1-31-17-13-12-14-18-32(2)42(62-9)29-39-21-19-37(7)52(61,66-39)48(58)49(59)53-24-16-15-23-51(53,8)50(60)65-43(34(4)27-38-20-22-40(54)44(28-38)63-10)30-41(55)33(3)26-36(6)46(57)47(64-11)45(56)35(5)25-31/h12-14,17-18,26,31,34-40,42-44,46-47,54,57,61H,15-16,19-25,27-30H2,1-11H3. The van der Waals surface area contributed by atoms with Crippen molar-refractivity contribution in [2.75, 3.05) is 27.9 Å². The number of fused-ring (bicyclic) bond motifs is 3. The summed E-state index contributed by atoms with van der Waals surface area (Å²) in [7, 11) is 4.53. The Kier molecular flexibility index (Phi) is 20.7. The maximum atomic E-state index is 14.7. The first kappa shape index (κ1) is 55.2. The Morgan fingerprint density at radius 1 is 0.879 bits per heavy atom. The van der Waals surface area contributed by atoms with Gasteiger partial charge >= 0.3 is 5.97 Å². The van der Waals surface area contributed by atoms with Crippen LogP contribution in [0.3, 0.4) is 0 Å². The summed E-state index contributed by atoms with van der Waals surface area (Å²) in [5.74, 6) is -8.04. The molecule has 3 fully saturated rings. The number of aliphatic hydroxyl groups is 3. The number of hydrogen-bond donors (Lipinski definition) is 3. The predicted octanol–water partition coefficient (Wildman–Crippen LogP) is 6.57. The largest absolute Gasteiger partial charge is 0.460 e. The quantitative estimate of drug-likeness (QED) is 0.191. The number of ketones is 3. The number of hydrogen-bond acceptors (Lipinski definition) is 13. The zero-order valence-electron chi connectivity index (χ0n) is 41.5. The number of carbonyl (C=O) groups excluding carboxylic acids is 5. The van der Waals surface area contributed by atoms with Crippen LogP contribution in [-0.2, 0) is 47.7 Å². The molecule has 15 atom stereocenters. The summed E-state index contributed by atoms with van der Waals surface area (Å²) in [5.41, 5.74) is -0.422. The van der Waals surface area contributed by atoms with Crippen LogP contribution < -0.4 is 0 Å². The van der Waals surface area contributed by atoms with Crippen molar-refractivity contribution in [1.29, 1.82) is 0 Å². The van der Waals surface area contributed by atoms with Gasteiger partial charge in [0.15, 0.2) is 11.6 Å². The van der Waals surface area contributed by atoms with Gasteiger partial charge < -0.3 is 43.9 Å². The molecule has 4 rings (SSSR count). The van der Waals surface area contributed by atoms with E-state index in [9.17, 15) is 39.3 Å². The third-order valence-electron chi connectivity index (χ3n) is 15.0. The molecule has 0 radical (unpaired) electrons. The molecule has 14 nitrogen and oxygen atoms in total. The highest BCUT2D eigenvalue weighted by atomic mass is 16.6. The van der Waals surface area contributed by atoms with E-state index in [0.717, 1.165) is 5.57 Å². The fourth-order valence-electron chi connectivity index (χ4n) is 10.4. The fraction of sp³-hybridized carbons (Fsp3) is 0.750. The number of allylic oxidation sites excluding steroid dienone is 6. The van der Waals surface area contributed by atoms with Crippen molar-refractivity contribution in [3.05, 3.63) is 47.6 Å². The van der Waals surface area contributed by atoms with E-state index < -0.39 is 83.4 Å². The van der Waals surface area contributed by atoms with Crippen molar-refractivity contribution in [1.82, 2.24) is 4.90 Å². The minimum atomic E-state index is -2.45. The summed E-state index contributed by atoms with van der Waals surface area (Å²) in [6, 6.07) is 0. The Labute approximate surface area is 393 Å². The number of piperidine rings is 1. The van der Waals surface area contributed by atoms with Crippen molar-refractivity contribution < 1.29 is 63.0 Å². The molecular weight excluding hydrogens is 847 g/mol. The number of aliphatic hydroxyl groups excluding tert-OH is 2. The van der Waals surface area contributed by atoms with Crippen LogP contribution in [0.5, 0.6) is 0 Å². The van der Waals surface area contributed by atoms with Gasteiger partial charge in [-0.3, -0.25) is 19.2 Å². The number of cyclic esters (lactones) is 1. The van der Waals surface area contributed by atoms with Crippen LogP contribution >= 0.6 is 0 Å². The van der Waals surface area contributed by atoms with Gasteiger partial charge in [-0.25, -0.2) is 4.79 Å². The first-order valence-electron chi connectivity index (χ1n) is 24.3. The average molecular weight is 928 g/mol. The second kappa shape index (κ2) is 24.8. The average Bonchev–Trinajstić information content (AvgIpc) is 3.28. The Bertz CT molecular complexity index is 1810. The highest BCUT2D eigenvalue weighted by Crippen LogP contribution is 2.39. The smallest absolute Gasteiger partial charge is 0.332 e. The van der Waals surface area contributed by atoms with E-state index in [-0.39, 0.29) is 54.8 Å². The summed E-state index contributed by atoms with van der Waals surface area (Å²) >= 11 is 0. The second-order valence-corrected chi connectivity index (χ2v) is 20.2. The van der Waals surface area contributed by atoms with Gasteiger partial charge in [0.05, 0.1) is 30.5 Å². The molecule has 2 saturated heterocycles. The Hall–Kier alpha value is -3.37. The summed E-state index contributed by atoms with van der Waals surface area (Å²) in [6.45, 7) is 14.3. The number of methoxy groups -OCH3 is 3. The first-order chi connectivity index (χ1) is 31.1. The highest BCUT2D eigenvalue weighted by Gasteiger charge is 2.55. The summed E-state index contributed by atoms with van der Waals surface area (Å²) in [5, 5.41) is 34.0. The van der Waals surface area contributed by atoms with Crippen LogP contribution in [0, 0.1) is 35.5 Å². The van der Waals surface area contributed by atoms with Crippen LogP contribution in [0.1, 0.15) is 132 Å². The number of amides is 1. The third kappa shape index (κ3) is 13.7. The Balaban J connectivity index is 1.73. The monoisotopic (exact) mass is 928 g/mol. The van der Waals surface area contributed by atoms with Gasteiger partial charge in [0.2, 0.25) is 5.79 Å². The van der Waals surface area contributed by atoms with E-state index in [1.807, 2.05) is 58.1 Å². The molecule has 0 aromatic heterocycles. The Morgan fingerprint density at radius 3 is 2.26 bits per heavy atom. The lowest BCUT2D eigenvalue weighted by atomic mass is 9.78. The lowest BCUT2D eigenvalue weighted by molar-refractivity contribution is -0.266. The molecule has 0 aromatic rings. The zero-order chi connectivity index (χ0) is 49.1. The molecule has 1 aliphatic carbocycles. The summed E-state index contributed by atoms with van der Waals surface area (Å²) in [4.78, 5) is 72.5. The van der Waals surface area contributed by atoms with Gasteiger partial charge in [0.25, 0.3) is 11.7 Å². The minimum Gasteiger partial charge on any atom is -0.460 e. The zero-order valence-corrected chi connectivity index (χ0v) is 41.5. The SMILES string of the molecule is COC1CC2CCC(C)C(O)(O2)C(=O)C(=O)N2CCCCC2(C)C(=O)OC(C(C)CC2CCC(O)C(OC)C2)CC(=O)C(C)=CC(C)C(O)C(OC)C(=O)C(C)CC(C)C=CC=CC=C1C. The number of esters is 1. The Morgan fingerprint density at radius 2 is 1.59 bits per heavy atom. The van der Waals surface area contributed by atoms with Crippen molar-refractivity contribution >= 4 is 29.2 Å². The van der Waals surface area contributed by atoms with Crippen molar-refractivity contribution in [3.8, 4) is 0 Å². The number of ether oxygens (including phenoxy) is 5. The van der Waals surface area contributed by atoms with Gasteiger partial charge in [-0.1, -0.05) is 71.1 Å². The third-order valence-corrected chi connectivity index (χ3v) is 15.0. The summed E-state index contributed by atoms with van der Waals surface area (Å²) in [6.07, 6.45) is 11.1. The normalized spacial score (nSPS) is 38.6. The van der Waals surface area contributed by atoms with Gasteiger partial charge in [0.1, 0.15) is 17.7 Å². The molecule has 3 N–H and O–H groups in total. The molecule has 4 aliphatic rings. The highest BCUT2D eigenvalue weighted by molar-refractivity contribution is 6.39. The van der Waals surface area contributed by atoms with Crippen LogP contribution in [0.25, 0.3) is 0 Å². The fourth-order valence-corrected chi connectivity index (χ4v) is 10.4. The lowest BCUT2D eigenvalue weighted by Crippen LogP contribution is -2.64. The van der Waals surface area contributed by atoms with E-state index >= 15 is 0 Å². The molecule has 3 aliphatic heterocycles. The molecule has 3 heterocycles. The number of nitrogens with zero attached hydrogens (tertiary/aromatic N) is 1. The van der Waals surface area contributed by atoms with E-state index in [4.69, 9.17) is 23.7 Å². The first-order valence-corrected chi connectivity index (χ1v) is 24.3. The van der Waals surface area contributed by atoms with Crippen molar-refractivity contribution in [2.24, 2.45) is 35.5 Å². The van der Waals surface area contributed by atoms with E-state index in [2.05, 4.69) is 0 Å². The minimum absolute atomic E-state index is 0.0198. The van der Waals surface area contributed by atoms with E-state index in [1.165, 1.54) is 12.0 Å². The van der Waals surface area contributed by atoms with Crippen LogP contribution in [-0.4, -0.2) is 131 Å². The molecular formula is C52H81NO13. The number of carbonyl (C=O) groups is 5. The maximum absolute atomic E-state index is 14.7. The molecule has 2 bridgehead atoms. The molecule has 0 aromatic carbocycles. The van der Waals surface area contributed by atoms with E-state index in [0.29, 0.717) is 69.8 Å². The number of rotatable bonds is 6. The molecule has 372 valence electrons. The van der Waals surface area contributed by atoms with Crippen LogP contribution in [0.4, 0.5) is 0 Å². The molecule has 1 saturated carbocycles. The molecule has 14 heteroatoms. The summed E-state index contributed by atoms with van der Waals surface area (Å²) < 4.78 is 29.5. The van der Waals surface area contributed by atoms with Crippen LogP contribution in [0.2, 0.25) is 0 Å². The topological polar surface area (TPSA) is 195 Å². The number of Topliss-reactive ketones (excluding diaryl/α,β-unsaturated/α-hetero) is 3. The molecule has 0 spiro atoms. The maximum Gasteiger partial charge on any atom is 0.332 e. The van der Waals surface area contributed by atoms with Gasteiger partial charge in [0, 0.05) is 58.5 Å². The molecule has 66 heavy (non-hydrogen) atoms. The van der Waals surface area contributed by atoms with Crippen LogP contribution in [0.15, 0.2) is 47.6 Å². The second-order valence-electron chi connectivity index (χ2n) is 20.2. The van der Waals surface area contributed by atoms with Crippen molar-refractivity contribution in [2.45, 2.75) is 186 Å². The van der Waals surface area contributed by atoms with Gasteiger partial charge in [-0.2, -0.15) is 0 Å². The lowest BCUT2D eigenvalue weighted by Gasteiger charge is -2.46. The van der Waals surface area contributed by atoms with Crippen molar-refractivity contribution in [3.63, 3.8) is 0 Å². The van der Waals surface area contributed by atoms with Gasteiger partial charge in [-0.05, 0) is 114 Å². The molecule has 1 amide bonds. The predicted molar refractivity (Wildman–Crippen MR) is 250 cm³/mol. The van der Waals surface area contributed by atoms with Gasteiger partial charge in [-0.15, -0.1) is 0 Å². The van der Waals surface area contributed by atoms with E-state index in [1.54, 1.807) is 48.0 Å².